The normalized spacial score (nSPS) is 10.2. The molecule has 2 heterocycles. The standard InChI is InChI=1S/C14H14F2N4O/c1-2-5-18-13-12(16)9(3-7-19-13)14(21)20-11-4-6-17-8-10(11)15/h3-4,6-8H,2,5H2,1H3,(H,18,19)(H,17,20,21). The monoisotopic (exact) mass is 292 g/mol. The predicted molar refractivity (Wildman–Crippen MR) is 75.1 cm³/mol. The first-order valence-electron chi connectivity index (χ1n) is 6.42. The third kappa shape index (κ3) is 3.50. The summed E-state index contributed by atoms with van der Waals surface area (Å²) >= 11 is 0. The highest BCUT2D eigenvalue weighted by molar-refractivity contribution is 6.04. The van der Waals surface area contributed by atoms with Crippen LogP contribution in [-0.2, 0) is 0 Å². The van der Waals surface area contributed by atoms with Crippen LogP contribution >= 0.6 is 0 Å². The quantitative estimate of drug-likeness (QED) is 0.889. The Kier molecular flexibility index (Phi) is 4.76. The van der Waals surface area contributed by atoms with Crippen molar-refractivity contribution in [3.05, 3.63) is 47.9 Å². The molecule has 2 aromatic rings. The van der Waals surface area contributed by atoms with E-state index in [1.807, 2.05) is 6.92 Å². The van der Waals surface area contributed by atoms with Crippen LogP contribution in [0.4, 0.5) is 20.3 Å². The van der Waals surface area contributed by atoms with Gasteiger partial charge in [0, 0.05) is 18.9 Å². The largest absolute Gasteiger partial charge is 0.368 e. The minimum absolute atomic E-state index is 0.000278. The zero-order chi connectivity index (χ0) is 15.2. The summed E-state index contributed by atoms with van der Waals surface area (Å²) in [6, 6.07) is 2.53. The lowest BCUT2D eigenvalue weighted by atomic mass is 10.2. The maximum absolute atomic E-state index is 14.2. The van der Waals surface area contributed by atoms with Gasteiger partial charge < -0.3 is 10.6 Å². The highest BCUT2D eigenvalue weighted by Crippen LogP contribution is 2.18. The molecule has 2 rings (SSSR count). The van der Waals surface area contributed by atoms with Crippen LogP contribution in [0.3, 0.4) is 0 Å². The molecule has 110 valence electrons. The number of halogens is 2. The number of nitrogens with zero attached hydrogens (tertiary/aromatic N) is 2. The maximum Gasteiger partial charge on any atom is 0.258 e. The molecule has 0 radical (unpaired) electrons. The SMILES string of the molecule is CCCNc1nccc(C(=O)Nc2ccncc2F)c1F. The number of hydrogen-bond donors (Lipinski definition) is 2. The van der Waals surface area contributed by atoms with Gasteiger partial charge in [0.15, 0.2) is 17.5 Å². The summed E-state index contributed by atoms with van der Waals surface area (Å²) in [6.07, 6.45) is 4.40. The second-order valence-electron chi connectivity index (χ2n) is 4.26. The molecule has 21 heavy (non-hydrogen) atoms. The molecule has 0 aliphatic rings. The summed E-state index contributed by atoms with van der Waals surface area (Å²) in [5, 5.41) is 5.08. The van der Waals surface area contributed by atoms with Gasteiger partial charge in [0.05, 0.1) is 17.4 Å². The lowest BCUT2D eigenvalue weighted by molar-refractivity contribution is 0.102. The van der Waals surface area contributed by atoms with Crippen molar-refractivity contribution in [2.75, 3.05) is 17.2 Å². The van der Waals surface area contributed by atoms with Gasteiger partial charge in [-0.3, -0.25) is 9.78 Å². The van der Waals surface area contributed by atoms with Crippen LogP contribution in [0.15, 0.2) is 30.7 Å². The Hall–Kier alpha value is -2.57. The number of anilines is 2. The first-order valence-corrected chi connectivity index (χ1v) is 6.42. The number of amides is 1. The lowest BCUT2D eigenvalue weighted by Gasteiger charge is -2.09. The summed E-state index contributed by atoms with van der Waals surface area (Å²) in [6.45, 7) is 2.46. The van der Waals surface area contributed by atoms with Gasteiger partial charge in [-0.1, -0.05) is 6.92 Å². The molecule has 2 aromatic heterocycles. The molecule has 0 saturated carbocycles. The Balaban J connectivity index is 2.21. The van der Waals surface area contributed by atoms with Crippen molar-refractivity contribution in [3.63, 3.8) is 0 Å². The first kappa shape index (κ1) is 14.8. The molecule has 0 aromatic carbocycles. The van der Waals surface area contributed by atoms with Crippen molar-refractivity contribution < 1.29 is 13.6 Å². The first-order chi connectivity index (χ1) is 10.1. The van der Waals surface area contributed by atoms with E-state index in [-0.39, 0.29) is 17.1 Å². The number of nitrogens with one attached hydrogen (secondary N) is 2. The maximum atomic E-state index is 14.2. The average Bonchev–Trinajstić information content (AvgIpc) is 2.48. The molecule has 0 fully saturated rings. The summed E-state index contributed by atoms with van der Waals surface area (Å²) in [4.78, 5) is 19.4. The van der Waals surface area contributed by atoms with Gasteiger partial charge in [0.2, 0.25) is 0 Å². The van der Waals surface area contributed by atoms with E-state index in [1.165, 1.54) is 24.5 Å². The number of carbonyl (C=O) groups excluding carboxylic acids is 1. The van der Waals surface area contributed by atoms with Crippen molar-refractivity contribution in [2.45, 2.75) is 13.3 Å². The van der Waals surface area contributed by atoms with E-state index < -0.39 is 17.5 Å². The van der Waals surface area contributed by atoms with E-state index in [2.05, 4.69) is 20.6 Å². The molecule has 0 aliphatic carbocycles. The van der Waals surface area contributed by atoms with Gasteiger partial charge in [-0.25, -0.2) is 13.8 Å². The second kappa shape index (κ2) is 6.74. The Morgan fingerprint density at radius 1 is 1.29 bits per heavy atom. The molecular weight excluding hydrogens is 278 g/mol. The average molecular weight is 292 g/mol. The summed E-state index contributed by atoms with van der Waals surface area (Å²) in [5.74, 6) is -2.21. The Labute approximate surface area is 120 Å². The van der Waals surface area contributed by atoms with Crippen LogP contribution in [0.2, 0.25) is 0 Å². The summed E-state index contributed by atoms with van der Waals surface area (Å²) in [7, 11) is 0. The topological polar surface area (TPSA) is 66.9 Å². The number of rotatable bonds is 5. The summed E-state index contributed by atoms with van der Waals surface area (Å²) < 4.78 is 27.6. The van der Waals surface area contributed by atoms with Crippen LogP contribution in [0, 0.1) is 11.6 Å². The van der Waals surface area contributed by atoms with Crippen LogP contribution in [0.5, 0.6) is 0 Å². The fraction of sp³-hybridized carbons (Fsp3) is 0.214. The molecule has 2 N–H and O–H groups in total. The van der Waals surface area contributed by atoms with E-state index in [9.17, 15) is 13.6 Å². The number of pyridine rings is 2. The third-order valence-corrected chi connectivity index (χ3v) is 2.70. The molecule has 0 atom stereocenters. The molecule has 0 saturated heterocycles. The predicted octanol–water partition coefficient (Wildman–Crippen LogP) is 2.83. The highest BCUT2D eigenvalue weighted by Gasteiger charge is 2.17. The smallest absolute Gasteiger partial charge is 0.258 e. The molecule has 0 spiro atoms. The molecule has 1 amide bonds. The van der Waals surface area contributed by atoms with Gasteiger partial charge in [-0.15, -0.1) is 0 Å². The van der Waals surface area contributed by atoms with Gasteiger partial charge in [0.1, 0.15) is 0 Å². The number of hydrogen-bond acceptors (Lipinski definition) is 4. The van der Waals surface area contributed by atoms with E-state index in [0.29, 0.717) is 6.54 Å². The fourth-order valence-corrected chi connectivity index (χ4v) is 1.65. The van der Waals surface area contributed by atoms with Gasteiger partial charge >= 0.3 is 0 Å². The fourth-order valence-electron chi connectivity index (χ4n) is 1.65. The molecule has 0 aliphatic heterocycles. The van der Waals surface area contributed by atoms with Crippen LogP contribution < -0.4 is 10.6 Å². The highest BCUT2D eigenvalue weighted by atomic mass is 19.1. The minimum atomic E-state index is -0.766. The van der Waals surface area contributed by atoms with Crippen LogP contribution in [-0.4, -0.2) is 22.4 Å². The van der Waals surface area contributed by atoms with Crippen molar-refractivity contribution in [1.82, 2.24) is 9.97 Å². The Bertz CT molecular complexity index is 649. The van der Waals surface area contributed by atoms with Crippen LogP contribution in [0.1, 0.15) is 23.7 Å². The van der Waals surface area contributed by atoms with E-state index >= 15 is 0 Å². The summed E-state index contributed by atoms with van der Waals surface area (Å²) in [5.41, 5.74) is -0.269. The van der Waals surface area contributed by atoms with E-state index in [1.54, 1.807) is 0 Å². The molecule has 7 heteroatoms. The van der Waals surface area contributed by atoms with E-state index in [4.69, 9.17) is 0 Å². The van der Waals surface area contributed by atoms with Gasteiger partial charge in [-0.05, 0) is 18.6 Å². The second-order valence-corrected chi connectivity index (χ2v) is 4.26. The minimum Gasteiger partial charge on any atom is -0.368 e. The molecule has 5 nitrogen and oxygen atoms in total. The Morgan fingerprint density at radius 3 is 2.81 bits per heavy atom. The van der Waals surface area contributed by atoms with Crippen molar-refractivity contribution >= 4 is 17.4 Å². The Morgan fingerprint density at radius 2 is 2.10 bits per heavy atom. The van der Waals surface area contributed by atoms with Crippen molar-refractivity contribution in [3.8, 4) is 0 Å². The van der Waals surface area contributed by atoms with Crippen LogP contribution in [0.25, 0.3) is 0 Å². The van der Waals surface area contributed by atoms with Gasteiger partial charge in [0.25, 0.3) is 5.91 Å². The zero-order valence-electron chi connectivity index (χ0n) is 11.4. The molecule has 0 bridgehead atoms. The third-order valence-electron chi connectivity index (χ3n) is 2.70. The van der Waals surface area contributed by atoms with E-state index in [0.717, 1.165) is 12.6 Å². The zero-order valence-corrected chi connectivity index (χ0v) is 11.4. The molecule has 0 unspecified atom stereocenters. The number of aromatic nitrogens is 2. The number of carbonyl (C=O) groups is 1. The van der Waals surface area contributed by atoms with Crippen molar-refractivity contribution in [2.24, 2.45) is 0 Å². The lowest BCUT2D eigenvalue weighted by Crippen LogP contribution is -2.16. The van der Waals surface area contributed by atoms with Gasteiger partial charge in [-0.2, -0.15) is 0 Å². The molecular formula is C14H14F2N4O. The van der Waals surface area contributed by atoms with Crippen molar-refractivity contribution in [1.29, 1.82) is 0 Å².